The Morgan fingerprint density at radius 2 is 1.76 bits per heavy atom. The van der Waals surface area contributed by atoms with E-state index in [1.165, 1.54) is 28.0 Å². The van der Waals surface area contributed by atoms with Crippen molar-refractivity contribution < 1.29 is 24.2 Å². The summed E-state index contributed by atoms with van der Waals surface area (Å²) >= 11 is 8.67. The van der Waals surface area contributed by atoms with Crippen molar-refractivity contribution in [3.63, 3.8) is 0 Å². The molecule has 1 aliphatic rings. The van der Waals surface area contributed by atoms with Crippen LogP contribution in [0.5, 0.6) is 11.5 Å². The van der Waals surface area contributed by atoms with Gasteiger partial charge in [-0.25, -0.2) is 0 Å². The molecule has 0 saturated carbocycles. The second kappa shape index (κ2) is 13.4. The van der Waals surface area contributed by atoms with E-state index in [4.69, 9.17) is 21.1 Å². The van der Waals surface area contributed by atoms with Crippen LogP contribution in [0.1, 0.15) is 43.0 Å². The molecule has 0 spiro atoms. The summed E-state index contributed by atoms with van der Waals surface area (Å²) in [6, 6.07) is 20.5. The highest BCUT2D eigenvalue weighted by Gasteiger charge is 2.48. The van der Waals surface area contributed by atoms with Crippen molar-refractivity contribution in [2.75, 3.05) is 18.1 Å². The van der Waals surface area contributed by atoms with E-state index in [1.54, 1.807) is 42.5 Å². The van der Waals surface area contributed by atoms with Gasteiger partial charge < -0.3 is 14.6 Å². The van der Waals surface area contributed by atoms with Gasteiger partial charge >= 0.3 is 5.91 Å². The Morgan fingerprint density at radius 1 is 1.00 bits per heavy atom. The molecule has 4 aromatic rings. The van der Waals surface area contributed by atoms with Crippen LogP contribution in [-0.4, -0.2) is 40.2 Å². The Hall–Kier alpha value is -3.86. The summed E-state index contributed by atoms with van der Waals surface area (Å²) in [4.78, 5) is 28.4. The number of anilines is 1. The van der Waals surface area contributed by atoms with Crippen molar-refractivity contribution in [3.8, 4) is 11.5 Å². The molecule has 42 heavy (non-hydrogen) atoms. The fourth-order valence-electron chi connectivity index (χ4n) is 4.45. The number of aliphatic hydroxyl groups is 1. The highest BCUT2D eigenvalue weighted by molar-refractivity contribution is 8.00. The number of Topliss-reactive ketones (excluding diaryl/α,β-unsaturated/α-hetero) is 1. The monoisotopic (exact) mass is 621 g/mol. The second-order valence-corrected chi connectivity index (χ2v) is 11.9. The average molecular weight is 622 g/mol. The minimum atomic E-state index is -0.941. The van der Waals surface area contributed by atoms with Crippen LogP contribution in [0.4, 0.5) is 5.13 Å². The zero-order chi connectivity index (χ0) is 29.6. The van der Waals surface area contributed by atoms with Crippen LogP contribution in [0.25, 0.3) is 5.76 Å². The third kappa shape index (κ3) is 6.46. The maximum Gasteiger partial charge on any atom is 0.301 e. The molecule has 3 aromatic carbocycles. The van der Waals surface area contributed by atoms with Gasteiger partial charge in [0.15, 0.2) is 4.34 Å². The first-order valence-corrected chi connectivity index (χ1v) is 15.5. The first-order valence-electron chi connectivity index (χ1n) is 13.4. The van der Waals surface area contributed by atoms with Crippen LogP contribution in [0.15, 0.2) is 82.7 Å². The lowest BCUT2D eigenvalue weighted by Gasteiger charge is -2.23. The number of ketones is 1. The quantitative estimate of drug-likeness (QED) is 0.0612. The highest BCUT2D eigenvalue weighted by Crippen LogP contribution is 2.44. The molecular formula is C31H28ClN3O5S2. The number of benzene rings is 3. The van der Waals surface area contributed by atoms with Crippen molar-refractivity contribution in [1.29, 1.82) is 0 Å². The number of thioether (sulfide) groups is 1. The molecule has 5 rings (SSSR count). The summed E-state index contributed by atoms with van der Waals surface area (Å²) < 4.78 is 12.0. The smallest absolute Gasteiger partial charge is 0.301 e. The maximum absolute atomic E-state index is 13.6. The topological polar surface area (TPSA) is 102 Å². The number of aromatic nitrogens is 2. The molecule has 1 aliphatic heterocycles. The van der Waals surface area contributed by atoms with E-state index in [1.807, 2.05) is 44.2 Å². The maximum atomic E-state index is 13.6. The number of halogens is 1. The van der Waals surface area contributed by atoms with Gasteiger partial charge in [-0.15, -0.1) is 10.2 Å². The van der Waals surface area contributed by atoms with Crippen LogP contribution in [0, 0.1) is 0 Å². The van der Waals surface area contributed by atoms with Crippen molar-refractivity contribution in [3.05, 3.63) is 100 Å². The van der Waals surface area contributed by atoms with E-state index in [0.29, 0.717) is 51.0 Å². The molecule has 0 bridgehead atoms. The summed E-state index contributed by atoms with van der Waals surface area (Å²) in [6.07, 6.45) is 0.821. The molecule has 8 nitrogen and oxygen atoms in total. The Labute approximate surface area is 257 Å². The van der Waals surface area contributed by atoms with Gasteiger partial charge in [0.1, 0.15) is 17.3 Å². The van der Waals surface area contributed by atoms with Gasteiger partial charge in [-0.3, -0.25) is 14.5 Å². The van der Waals surface area contributed by atoms with Gasteiger partial charge in [0.05, 0.1) is 24.8 Å². The number of hydrogen-bond donors (Lipinski definition) is 1. The minimum absolute atomic E-state index is 0.0395. The fraction of sp³-hybridized carbons (Fsp3) is 0.226. The van der Waals surface area contributed by atoms with Crippen molar-refractivity contribution in [2.45, 2.75) is 36.4 Å². The van der Waals surface area contributed by atoms with E-state index in [9.17, 15) is 14.7 Å². The molecule has 216 valence electrons. The summed E-state index contributed by atoms with van der Waals surface area (Å²) in [5, 5.41) is 20.9. The molecule has 1 amide bonds. The largest absolute Gasteiger partial charge is 0.507 e. The molecule has 11 heteroatoms. The molecule has 1 aromatic heterocycles. The number of nitrogens with zero attached hydrogens (tertiary/aromatic N) is 3. The lowest BCUT2D eigenvalue weighted by Crippen LogP contribution is -2.29. The predicted octanol–water partition coefficient (Wildman–Crippen LogP) is 7.30. The number of carbonyl (C=O) groups excluding carboxylic acids is 2. The number of amides is 1. The zero-order valence-electron chi connectivity index (χ0n) is 23.0. The van der Waals surface area contributed by atoms with Crippen molar-refractivity contribution in [1.82, 2.24) is 10.2 Å². The van der Waals surface area contributed by atoms with E-state index < -0.39 is 17.7 Å². The lowest BCUT2D eigenvalue weighted by molar-refractivity contribution is -0.132. The third-order valence-electron chi connectivity index (χ3n) is 6.41. The van der Waals surface area contributed by atoms with Crippen molar-refractivity contribution in [2.24, 2.45) is 0 Å². The fourth-order valence-corrected chi connectivity index (χ4v) is 6.40. The number of ether oxygens (including phenoxy) is 2. The zero-order valence-corrected chi connectivity index (χ0v) is 25.3. The van der Waals surface area contributed by atoms with E-state index in [-0.39, 0.29) is 16.5 Å². The molecule has 0 radical (unpaired) electrons. The van der Waals surface area contributed by atoms with Crippen LogP contribution >= 0.6 is 34.7 Å². The minimum Gasteiger partial charge on any atom is -0.507 e. The first kappa shape index (κ1) is 29.6. The predicted molar refractivity (Wildman–Crippen MR) is 166 cm³/mol. The number of hydrogen-bond acceptors (Lipinski definition) is 9. The molecular weight excluding hydrogens is 594 g/mol. The van der Waals surface area contributed by atoms with Gasteiger partial charge in [0.2, 0.25) is 5.13 Å². The standard InChI is InChI=1S/C31H28ClN3O5S2/c1-3-16-40-24-7-5-6-21(17-24)26-25(27(36)20-10-14-23(15-11-20)39-4-2)28(37)29(38)35(26)30-33-34-31(42-30)41-18-19-8-12-22(32)13-9-19/h5-15,17,26,36H,3-4,16,18H2,1-2H3. The number of aliphatic hydroxyl groups excluding tert-OH is 1. The van der Waals surface area contributed by atoms with Gasteiger partial charge in [0.25, 0.3) is 5.78 Å². The molecule has 1 atom stereocenters. The van der Waals surface area contributed by atoms with Gasteiger partial charge in [-0.1, -0.05) is 65.9 Å². The van der Waals surface area contributed by atoms with Gasteiger partial charge in [-0.05, 0) is 73.0 Å². The van der Waals surface area contributed by atoms with E-state index in [0.717, 1.165) is 12.0 Å². The Bertz CT molecular complexity index is 1610. The number of rotatable bonds is 11. The second-order valence-electron chi connectivity index (χ2n) is 9.31. The molecule has 1 unspecified atom stereocenters. The highest BCUT2D eigenvalue weighted by atomic mass is 35.5. The Balaban J connectivity index is 1.53. The summed E-state index contributed by atoms with van der Waals surface area (Å²) in [5.74, 6) is -0.0372. The SMILES string of the molecule is CCCOc1cccc(C2C(=C(O)c3ccc(OCC)cc3)C(=O)C(=O)N2c2nnc(SCc3ccc(Cl)cc3)s2)c1. The van der Waals surface area contributed by atoms with Crippen molar-refractivity contribution >= 4 is 57.3 Å². The lowest BCUT2D eigenvalue weighted by atomic mass is 9.95. The van der Waals surface area contributed by atoms with E-state index >= 15 is 0 Å². The molecule has 1 fully saturated rings. The molecule has 0 aliphatic carbocycles. The van der Waals surface area contributed by atoms with Crippen LogP contribution in [0.3, 0.4) is 0 Å². The summed E-state index contributed by atoms with van der Waals surface area (Å²) in [6.45, 7) is 4.89. The van der Waals surface area contributed by atoms with E-state index in [2.05, 4.69) is 10.2 Å². The number of carbonyl (C=O) groups is 2. The molecule has 1 saturated heterocycles. The summed E-state index contributed by atoms with van der Waals surface area (Å²) in [7, 11) is 0. The van der Waals surface area contributed by atoms with Crippen LogP contribution < -0.4 is 14.4 Å². The van der Waals surface area contributed by atoms with Crippen LogP contribution in [0.2, 0.25) is 5.02 Å². The molecule has 1 N–H and O–H groups in total. The Morgan fingerprint density at radius 3 is 2.48 bits per heavy atom. The summed E-state index contributed by atoms with van der Waals surface area (Å²) in [5.41, 5.74) is 2.00. The third-order valence-corrected chi connectivity index (χ3v) is 8.79. The van der Waals surface area contributed by atoms with Gasteiger partial charge in [-0.2, -0.15) is 0 Å². The first-order chi connectivity index (χ1) is 20.4. The Kier molecular flexibility index (Phi) is 9.46. The molecule has 2 heterocycles. The normalized spacial score (nSPS) is 16.2. The van der Waals surface area contributed by atoms with Gasteiger partial charge in [0, 0.05) is 16.3 Å². The van der Waals surface area contributed by atoms with Crippen LogP contribution in [-0.2, 0) is 15.3 Å². The average Bonchev–Trinajstić information content (AvgIpc) is 3.58.